The van der Waals surface area contributed by atoms with Gasteiger partial charge in [-0.05, 0) is 36.4 Å². The van der Waals surface area contributed by atoms with Gasteiger partial charge < -0.3 is 5.73 Å². The number of rotatable bonds is 2. The summed E-state index contributed by atoms with van der Waals surface area (Å²) >= 11 is 0. The van der Waals surface area contributed by atoms with Crippen molar-refractivity contribution < 1.29 is 8.42 Å². The Bertz CT molecular complexity index is 699. The lowest BCUT2D eigenvalue weighted by molar-refractivity contribution is 0.597. The minimum atomic E-state index is -3.52. The first-order valence-electron chi connectivity index (χ1n) is 6.30. The van der Waals surface area contributed by atoms with Crippen molar-refractivity contribution >= 4 is 27.3 Å². The fourth-order valence-corrected chi connectivity index (χ4v) is 3.93. The average Bonchev–Trinajstić information content (AvgIpc) is 2.76. The van der Waals surface area contributed by atoms with E-state index in [1.165, 1.54) is 8.61 Å². The van der Waals surface area contributed by atoms with Gasteiger partial charge in [0.15, 0.2) is 0 Å². The zero-order chi connectivity index (χ0) is 14.2. The van der Waals surface area contributed by atoms with Gasteiger partial charge in [0, 0.05) is 5.69 Å². The first-order chi connectivity index (χ1) is 9.59. The number of nitrogen functional groups attached to an aromatic ring is 1. The van der Waals surface area contributed by atoms with E-state index in [0.29, 0.717) is 30.2 Å². The zero-order valence-electron chi connectivity index (χ0n) is 10.8. The predicted molar refractivity (Wildman–Crippen MR) is 80.9 cm³/mol. The molecule has 1 saturated heterocycles. The van der Waals surface area contributed by atoms with Crippen molar-refractivity contribution in [3.8, 4) is 0 Å². The molecular formula is C14H15N3O2S. The second kappa shape index (κ2) is 4.72. The van der Waals surface area contributed by atoms with Crippen molar-refractivity contribution in [3.63, 3.8) is 0 Å². The number of benzene rings is 2. The lowest BCUT2D eigenvalue weighted by Gasteiger charge is -2.21. The molecule has 0 spiro atoms. The van der Waals surface area contributed by atoms with Crippen molar-refractivity contribution in [3.05, 3.63) is 54.6 Å². The average molecular weight is 289 g/mol. The highest BCUT2D eigenvalue weighted by molar-refractivity contribution is 7.94. The van der Waals surface area contributed by atoms with Gasteiger partial charge in [-0.3, -0.25) is 8.61 Å². The Balaban J connectivity index is 1.96. The highest BCUT2D eigenvalue weighted by Crippen LogP contribution is 2.29. The Morgan fingerprint density at radius 2 is 1.30 bits per heavy atom. The number of anilines is 3. The topological polar surface area (TPSA) is 66.6 Å². The summed E-state index contributed by atoms with van der Waals surface area (Å²) in [7, 11) is -3.52. The van der Waals surface area contributed by atoms with Crippen molar-refractivity contribution in [2.75, 3.05) is 27.4 Å². The van der Waals surface area contributed by atoms with Gasteiger partial charge in [-0.25, -0.2) is 0 Å². The molecule has 1 heterocycles. The molecule has 20 heavy (non-hydrogen) atoms. The summed E-state index contributed by atoms with van der Waals surface area (Å²) in [6.07, 6.45) is 0. The second-order valence-electron chi connectivity index (χ2n) is 4.58. The van der Waals surface area contributed by atoms with Crippen LogP contribution in [0.1, 0.15) is 0 Å². The molecule has 1 aliphatic rings. The maximum Gasteiger partial charge on any atom is 0.326 e. The summed E-state index contributed by atoms with van der Waals surface area (Å²) in [6, 6.07) is 16.0. The molecule has 2 aromatic carbocycles. The van der Waals surface area contributed by atoms with Gasteiger partial charge in [-0.1, -0.05) is 18.2 Å². The van der Waals surface area contributed by atoms with Gasteiger partial charge in [0.2, 0.25) is 0 Å². The molecule has 0 amide bonds. The largest absolute Gasteiger partial charge is 0.399 e. The van der Waals surface area contributed by atoms with Crippen LogP contribution in [-0.2, 0) is 10.2 Å². The Hall–Kier alpha value is -2.21. The molecule has 3 rings (SSSR count). The molecule has 6 heteroatoms. The van der Waals surface area contributed by atoms with Gasteiger partial charge >= 0.3 is 10.2 Å². The Morgan fingerprint density at radius 1 is 0.800 bits per heavy atom. The summed E-state index contributed by atoms with van der Waals surface area (Å²) in [5, 5.41) is 0. The molecule has 1 fully saturated rings. The van der Waals surface area contributed by atoms with E-state index in [-0.39, 0.29) is 0 Å². The molecule has 0 aliphatic carbocycles. The van der Waals surface area contributed by atoms with E-state index in [2.05, 4.69) is 0 Å². The number of nitrogens with zero attached hydrogens (tertiary/aromatic N) is 2. The summed E-state index contributed by atoms with van der Waals surface area (Å²) in [6.45, 7) is 0.873. The van der Waals surface area contributed by atoms with Crippen LogP contribution in [0.3, 0.4) is 0 Å². The molecule has 0 atom stereocenters. The minimum absolute atomic E-state index is 0.432. The summed E-state index contributed by atoms with van der Waals surface area (Å²) < 4.78 is 28.0. The maximum absolute atomic E-state index is 12.6. The lowest BCUT2D eigenvalue weighted by Crippen LogP contribution is -2.32. The number of hydrogen-bond acceptors (Lipinski definition) is 3. The number of nitrogens with two attached hydrogens (primary N) is 1. The fraction of sp³-hybridized carbons (Fsp3) is 0.143. The first-order valence-corrected chi connectivity index (χ1v) is 7.70. The van der Waals surface area contributed by atoms with Gasteiger partial charge in [0.1, 0.15) is 0 Å². The third-order valence-electron chi connectivity index (χ3n) is 3.29. The molecule has 5 nitrogen and oxygen atoms in total. The van der Waals surface area contributed by atoms with Crippen LogP contribution in [0.2, 0.25) is 0 Å². The highest BCUT2D eigenvalue weighted by Gasteiger charge is 2.36. The molecular weight excluding hydrogens is 274 g/mol. The molecule has 2 aromatic rings. The molecule has 0 aromatic heterocycles. The van der Waals surface area contributed by atoms with Crippen LogP contribution in [0.25, 0.3) is 0 Å². The van der Waals surface area contributed by atoms with Crippen LogP contribution in [0.4, 0.5) is 17.1 Å². The molecule has 0 saturated carbocycles. The van der Waals surface area contributed by atoms with Crippen LogP contribution < -0.4 is 14.3 Å². The van der Waals surface area contributed by atoms with Gasteiger partial charge in [0.05, 0.1) is 24.5 Å². The summed E-state index contributed by atoms with van der Waals surface area (Å²) in [5.74, 6) is 0. The molecule has 1 aliphatic heterocycles. The lowest BCUT2D eigenvalue weighted by atomic mass is 10.3. The third kappa shape index (κ3) is 2.08. The number of hydrogen-bond donors (Lipinski definition) is 1. The first kappa shape index (κ1) is 12.8. The monoisotopic (exact) mass is 289 g/mol. The van der Waals surface area contributed by atoms with Crippen molar-refractivity contribution in [2.45, 2.75) is 0 Å². The van der Waals surface area contributed by atoms with E-state index in [9.17, 15) is 8.42 Å². The van der Waals surface area contributed by atoms with Crippen molar-refractivity contribution in [2.24, 2.45) is 0 Å². The number of para-hydroxylation sites is 1. The molecule has 104 valence electrons. The van der Waals surface area contributed by atoms with Crippen LogP contribution in [-0.4, -0.2) is 21.5 Å². The summed E-state index contributed by atoms with van der Waals surface area (Å²) in [4.78, 5) is 0. The van der Waals surface area contributed by atoms with E-state index < -0.39 is 10.2 Å². The van der Waals surface area contributed by atoms with Gasteiger partial charge in [-0.15, -0.1) is 0 Å². The van der Waals surface area contributed by atoms with Gasteiger partial charge in [-0.2, -0.15) is 8.42 Å². The SMILES string of the molecule is Nc1ccc(N2CCN(c3ccccc3)S2(=O)=O)cc1. The smallest absolute Gasteiger partial charge is 0.326 e. The minimum Gasteiger partial charge on any atom is -0.399 e. The highest BCUT2D eigenvalue weighted by atomic mass is 32.2. The second-order valence-corrected chi connectivity index (χ2v) is 6.36. The molecule has 2 N–H and O–H groups in total. The normalized spacial score (nSPS) is 17.4. The Kier molecular flexibility index (Phi) is 3.02. The van der Waals surface area contributed by atoms with Crippen LogP contribution in [0.5, 0.6) is 0 Å². The summed E-state index contributed by atoms with van der Waals surface area (Å²) in [5.41, 5.74) is 7.57. The van der Waals surface area contributed by atoms with E-state index in [1.807, 2.05) is 18.2 Å². The standard InChI is InChI=1S/C14H15N3O2S/c15-12-6-8-14(9-7-12)17-11-10-16(20(17,18)19)13-4-2-1-3-5-13/h1-9H,10-11,15H2. The fourth-order valence-electron chi connectivity index (χ4n) is 2.29. The molecule has 0 radical (unpaired) electrons. The van der Waals surface area contributed by atoms with Crippen LogP contribution in [0.15, 0.2) is 54.6 Å². The zero-order valence-corrected chi connectivity index (χ0v) is 11.6. The van der Waals surface area contributed by atoms with E-state index in [1.54, 1.807) is 36.4 Å². The van der Waals surface area contributed by atoms with E-state index in [4.69, 9.17) is 5.73 Å². The van der Waals surface area contributed by atoms with Crippen molar-refractivity contribution in [1.82, 2.24) is 0 Å². The van der Waals surface area contributed by atoms with Gasteiger partial charge in [0.25, 0.3) is 0 Å². The Morgan fingerprint density at radius 3 is 1.85 bits per heavy atom. The quantitative estimate of drug-likeness (QED) is 0.858. The molecule has 0 bridgehead atoms. The van der Waals surface area contributed by atoms with Crippen LogP contribution >= 0.6 is 0 Å². The van der Waals surface area contributed by atoms with Crippen LogP contribution in [0, 0.1) is 0 Å². The molecule has 0 unspecified atom stereocenters. The van der Waals surface area contributed by atoms with E-state index >= 15 is 0 Å². The maximum atomic E-state index is 12.6. The van der Waals surface area contributed by atoms with Crippen molar-refractivity contribution in [1.29, 1.82) is 0 Å². The predicted octanol–water partition coefficient (Wildman–Crippen LogP) is 1.84. The third-order valence-corrected chi connectivity index (χ3v) is 5.19. The van der Waals surface area contributed by atoms with E-state index in [0.717, 1.165) is 0 Å². The Labute approximate surface area is 118 Å².